The van der Waals surface area contributed by atoms with E-state index in [1.165, 1.54) is 0 Å². The van der Waals surface area contributed by atoms with Gasteiger partial charge in [-0.05, 0) is 17.4 Å². The summed E-state index contributed by atoms with van der Waals surface area (Å²) in [6.07, 6.45) is 0. The molecule has 1 aromatic rings. The summed E-state index contributed by atoms with van der Waals surface area (Å²) in [6, 6.07) is 8.19. The van der Waals surface area contributed by atoms with Gasteiger partial charge in [0.2, 0.25) is 0 Å². The van der Waals surface area contributed by atoms with Gasteiger partial charge in [-0.3, -0.25) is 14.8 Å². The van der Waals surface area contributed by atoms with Crippen LogP contribution in [-0.2, 0) is 9.59 Å². The molecule has 4 N–H and O–H groups in total. The molecule has 1 saturated heterocycles. The van der Waals surface area contributed by atoms with Crippen molar-refractivity contribution in [3.05, 3.63) is 30.3 Å². The SMILES string of the molecule is CC(=O)N1NC(F)(C(=O)Nc2ccccc2)NN1O. The number of halogens is 1. The highest BCUT2D eigenvalue weighted by Crippen LogP contribution is 2.16. The first-order valence-electron chi connectivity index (χ1n) is 5.33. The van der Waals surface area contributed by atoms with Crippen LogP contribution < -0.4 is 16.2 Å². The lowest BCUT2D eigenvalue weighted by Gasteiger charge is -2.18. The van der Waals surface area contributed by atoms with Gasteiger partial charge in [0, 0.05) is 12.6 Å². The number of amides is 2. The molecule has 9 heteroatoms. The molecule has 1 heterocycles. The number of nitrogens with one attached hydrogen (secondary N) is 3. The van der Waals surface area contributed by atoms with Crippen LogP contribution in [0.5, 0.6) is 0 Å². The summed E-state index contributed by atoms with van der Waals surface area (Å²) in [5, 5.41) is 12.0. The van der Waals surface area contributed by atoms with Crippen LogP contribution in [0.15, 0.2) is 30.3 Å². The number of rotatable bonds is 2. The molecule has 1 fully saturated rings. The summed E-state index contributed by atoms with van der Waals surface area (Å²) in [6.45, 7) is 1.08. The summed E-state index contributed by atoms with van der Waals surface area (Å²) in [4.78, 5) is 22.8. The second-order valence-corrected chi connectivity index (χ2v) is 3.82. The predicted octanol–water partition coefficient (Wildman–Crippen LogP) is -0.274. The van der Waals surface area contributed by atoms with E-state index < -0.39 is 17.7 Å². The number of hydrogen-bond acceptors (Lipinski definition) is 6. The van der Waals surface area contributed by atoms with Crippen molar-refractivity contribution in [1.29, 1.82) is 0 Å². The molecule has 2 rings (SSSR count). The zero-order chi connectivity index (χ0) is 14.0. The van der Waals surface area contributed by atoms with E-state index in [1.54, 1.807) is 35.8 Å². The number of hydrogen-bond donors (Lipinski definition) is 4. The van der Waals surface area contributed by atoms with Gasteiger partial charge in [0.05, 0.1) is 0 Å². The van der Waals surface area contributed by atoms with Crippen LogP contribution in [-0.4, -0.2) is 33.3 Å². The van der Waals surface area contributed by atoms with E-state index in [4.69, 9.17) is 0 Å². The highest BCUT2D eigenvalue weighted by Gasteiger charge is 2.50. The third-order valence-electron chi connectivity index (χ3n) is 2.35. The Balaban J connectivity index is 2.09. The first-order valence-corrected chi connectivity index (χ1v) is 5.33. The number of carbonyl (C=O) groups excluding carboxylic acids is 2. The highest BCUT2D eigenvalue weighted by molar-refractivity contribution is 5.96. The van der Waals surface area contributed by atoms with Gasteiger partial charge in [-0.1, -0.05) is 18.2 Å². The molecule has 102 valence electrons. The fourth-order valence-corrected chi connectivity index (χ4v) is 1.46. The Bertz CT molecular complexity index is 499. The summed E-state index contributed by atoms with van der Waals surface area (Å²) < 4.78 is 14.2. The second kappa shape index (κ2) is 4.90. The van der Waals surface area contributed by atoms with Crippen LogP contribution in [0.4, 0.5) is 10.1 Å². The molecule has 1 atom stereocenters. The topological polar surface area (TPSA) is 96.9 Å². The molecule has 0 spiro atoms. The minimum absolute atomic E-state index is 0.0624. The third kappa shape index (κ3) is 2.69. The third-order valence-corrected chi connectivity index (χ3v) is 2.35. The van der Waals surface area contributed by atoms with Crippen molar-refractivity contribution >= 4 is 17.5 Å². The van der Waals surface area contributed by atoms with Crippen molar-refractivity contribution in [2.75, 3.05) is 5.32 Å². The number of hydrazine groups is 3. The Hall–Kier alpha value is -2.07. The van der Waals surface area contributed by atoms with Gasteiger partial charge in [-0.25, -0.2) is 0 Å². The molecule has 19 heavy (non-hydrogen) atoms. The molecule has 1 aliphatic rings. The van der Waals surface area contributed by atoms with Crippen LogP contribution in [0, 0.1) is 0 Å². The van der Waals surface area contributed by atoms with Gasteiger partial charge >= 0.3 is 5.92 Å². The van der Waals surface area contributed by atoms with Crippen LogP contribution in [0.2, 0.25) is 0 Å². The summed E-state index contributed by atoms with van der Waals surface area (Å²) >= 11 is 0. The molecule has 1 aromatic carbocycles. The fourth-order valence-electron chi connectivity index (χ4n) is 1.46. The molecule has 2 amide bonds. The molecular weight excluding hydrogens is 257 g/mol. The van der Waals surface area contributed by atoms with Crippen LogP contribution >= 0.6 is 0 Å². The number of para-hydroxylation sites is 1. The number of nitrogens with zero attached hydrogens (tertiary/aromatic N) is 2. The van der Waals surface area contributed by atoms with E-state index in [1.807, 2.05) is 5.43 Å². The molecule has 0 aliphatic carbocycles. The van der Waals surface area contributed by atoms with E-state index in [0.717, 1.165) is 6.92 Å². The molecule has 0 saturated carbocycles. The number of alkyl halides is 1. The van der Waals surface area contributed by atoms with E-state index in [-0.39, 0.29) is 5.28 Å². The lowest BCUT2D eigenvalue weighted by atomic mass is 10.3. The fraction of sp³-hybridized carbons (Fsp3) is 0.200. The van der Waals surface area contributed by atoms with Crippen LogP contribution in [0.25, 0.3) is 0 Å². The minimum atomic E-state index is -2.84. The average molecular weight is 269 g/mol. The minimum Gasteiger partial charge on any atom is -0.321 e. The van der Waals surface area contributed by atoms with Gasteiger partial charge in [0.25, 0.3) is 11.8 Å². The van der Waals surface area contributed by atoms with Crippen molar-refractivity contribution in [2.24, 2.45) is 0 Å². The predicted molar refractivity (Wildman–Crippen MR) is 61.3 cm³/mol. The monoisotopic (exact) mass is 269 g/mol. The van der Waals surface area contributed by atoms with Gasteiger partial charge in [-0.15, -0.1) is 0 Å². The zero-order valence-electron chi connectivity index (χ0n) is 9.92. The van der Waals surface area contributed by atoms with Gasteiger partial charge in [0.1, 0.15) is 0 Å². The zero-order valence-corrected chi connectivity index (χ0v) is 9.92. The normalized spacial score (nSPS) is 23.4. The molecule has 0 aromatic heterocycles. The van der Waals surface area contributed by atoms with Gasteiger partial charge < -0.3 is 5.32 Å². The van der Waals surface area contributed by atoms with Crippen molar-refractivity contribution in [2.45, 2.75) is 12.8 Å². The first kappa shape index (κ1) is 13.4. The molecule has 0 radical (unpaired) electrons. The highest BCUT2D eigenvalue weighted by atomic mass is 19.2. The number of carbonyl (C=O) groups is 2. The van der Waals surface area contributed by atoms with E-state index in [9.17, 15) is 19.2 Å². The van der Waals surface area contributed by atoms with Gasteiger partial charge in [0.15, 0.2) is 0 Å². The lowest BCUT2D eigenvalue weighted by molar-refractivity contribution is -0.254. The van der Waals surface area contributed by atoms with Crippen LogP contribution in [0.3, 0.4) is 0 Å². The maximum Gasteiger partial charge on any atom is 0.329 e. The van der Waals surface area contributed by atoms with Gasteiger partial charge in [-0.2, -0.15) is 20.4 Å². The van der Waals surface area contributed by atoms with Crippen molar-refractivity contribution < 1.29 is 19.2 Å². The summed E-state index contributed by atoms with van der Waals surface area (Å²) in [7, 11) is 0. The lowest BCUT2D eigenvalue weighted by Crippen LogP contribution is -2.56. The molecule has 0 bridgehead atoms. The summed E-state index contributed by atoms with van der Waals surface area (Å²) in [5.41, 5.74) is 4.07. The average Bonchev–Trinajstić information content (AvgIpc) is 2.68. The van der Waals surface area contributed by atoms with E-state index >= 15 is 0 Å². The number of anilines is 1. The Morgan fingerprint density at radius 1 is 1.32 bits per heavy atom. The van der Waals surface area contributed by atoms with E-state index in [0.29, 0.717) is 10.8 Å². The standard InChI is InChI=1S/C10H12FN5O3/c1-7(17)15-13-10(11,14-16(15)19)9(18)12-8-5-3-2-4-6-8/h2-6,13-14,19H,1H3,(H,12,18). The smallest absolute Gasteiger partial charge is 0.321 e. The Labute approximate surface area is 107 Å². The quantitative estimate of drug-likeness (QED) is 0.552. The molecule has 1 aliphatic heterocycles. The van der Waals surface area contributed by atoms with Crippen LogP contribution in [0.1, 0.15) is 6.92 Å². The van der Waals surface area contributed by atoms with Crippen molar-refractivity contribution in [1.82, 2.24) is 21.3 Å². The first-order chi connectivity index (χ1) is 8.92. The Kier molecular flexibility index (Phi) is 3.44. The number of benzene rings is 1. The summed E-state index contributed by atoms with van der Waals surface area (Å²) in [5.74, 6) is -4.65. The largest absolute Gasteiger partial charge is 0.329 e. The Morgan fingerprint density at radius 2 is 1.95 bits per heavy atom. The van der Waals surface area contributed by atoms with Crippen molar-refractivity contribution in [3.63, 3.8) is 0 Å². The molecular formula is C10H12FN5O3. The van der Waals surface area contributed by atoms with Crippen molar-refractivity contribution in [3.8, 4) is 0 Å². The molecule has 1 unspecified atom stereocenters. The molecule has 8 nitrogen and oxygen atoms in total. The maximum atomic E-state index is 14.2. The maximum absolute atomic E-state index is 14.2. The second-order valence-electron chi connectivity index (χ2n) is 3.82. The Morgan fingerprint density at radius 3 is 2.47 bits per heavy atom. The van der Waals surface area contributed by atoms with E-state index in [2.05, 4.69) is 5.32 Å².